The Morgan fingerprint density at radius 3 is 2.90 bits per heavy atom. The summed E-state index contributed by atoms with van der Waals surface area (Å²) in [6, 6.07) is 5.34. The normalized spacial score (nSPS) is 21.9. The standard InChI is InChI=1S/C14H18N2O4/c17-16(18)12-3-4-14(20-13-5-6-19-9-13)10(7-12)8-15-11-1-2-11/h3-4,7,11,13,15H,1-2,5-6,8-9H2. The van der Waals surface area contributed by atoms with E-state index in [1.807, 2.05) is 0 Å². The van der Waals surface area contributed by atoms with Crippen molar-refractivity contribution in [2.75, 3.05) is 13.2 Å². The number of benzene rings is 1. The molecular formula is C14H18N2O4. The number of ether oxygens (including phenoxy) is 2. The fourth-order valence-corrected chi connectivity index (χ4v) is 2.26. The molecule has 1 N–H and O–H groups in total. The minimum atomic E-state index is -0.372. The third-order valence-corrected chi connectivity index (χ3v) is 3.59. The maximum absolute atomic E-state index is 10.9. The molecule has 0 radical (unpaired) electrons. The lowest BCUT2D eigenvalue weighted by molar-refractivity contribution is -0.384. The van der Waals surface area contributed by atoms with Crippen molar-refractivity contribution in [2.45, 2.75) is 38.0 Å². The summed E-state index contributed by atoms with van der Waals surface area (Å²) in [7, 11) is 0. The summed E-state index contributed by atoms with van der Waals surface area (Å²) in [6.45, 7) is 1.91. The van der Waals surface area contributed by atoms with Crippen molar-refractivity contribution < 1.29 is 14.4 Å². The topological polar surface area (TPSA) is 73.6 Å². The second-order valence-corrected chi connectivity index (χ2v) is 5.31. The maximum Gasteiger partial charge on any atom is 0.270 e. The summed E-state index contributed by atoms with van der Waals surface area (Å²) in [6.07, 6.45) is 3.28. The molecule has 0 aromatic heterocycles. The van der Waals surface area contributed by atoms with Crippen molar-refractivity contribution in [3.63, 3.8) is 0 Å². The predicted octanol–water partition coefficient (Wildman–Crippen LogP) is 2.01. The van der Waals surface area contributed by atoms with E-state index >= 15 is 0 Å². The van der Waals surface area contributed by atoms with E-state index in [9.17, 15) is 10.1 Å². The Bertz CT molecular complexity index is 496. The maximum atomic E-state index is 10.9. The van der Waals surface area contributed by atoms with Gasteiger partial charge in [0.1, 0.15) is 11.9 Å². The van der Waals surface area contributed by atoms with Crippen LogP contribution in [0.3, 0.4) is 0 Å². The van der Waals surface area contributed by atoms with E-state index in [0.717, 1.165) is 17.7 Å². The molecule has 1 aromatic rings. The first kappa shape index (κ1) is 13.3. The Hall–Kier alpha value is -1.66. The molecule has 1 heterocycles. The predicted molar refractivity (Wildman–Crippen MR) is 72.8 cm³/mol. The molecule has 6 heteroatoms. The van der Waals surface area contributed by atoms with Crippen molar-refractivity contribution in [1.29, 1.82) is 0 Å². The van der Waals surface area contributed by atoms with Gasteiger partial charge in [0.25, 0.3) is 5.69 Å². The van der Waals surface area contributed by atoms with Gasteiger partial charge < -0.3 is 14.8 Å². The van der Waals surface area contributed by atoms with E-state index in [2.05, 4.69) is 5.32 Å². The third-order valence-electron chi connectivity index (χ3n) is 3.59. The monoisotopic (exact) mass is 278 g/mol. The summed E-state index contributed by atoms with van der Waals surface area (Å²) in [5.74, 6) is 0.722. The molecule has 0 bridgehead atoms. The van der Waals surface area contributed by atoms with E-state index in [1.165, 1.54) is 18.9 Å². The first-order valence-corrected chi connectivity index (χ1v) is 6.97. The van der Waals surface area contributed by atoms with Crippen molar-refractivity contribution in [2.24, 2.45) is 0 Å². The molecule has 1 atom stereocenters. The lowest BCUT2D eigenvalue weighted by atomic mass is 10.1. The van der Waals surface area contributed by atoms with Gasteiger partial charge in [0, 0.05) is 36.7 Å². The number of nitro benzene ring substituents is 1. The Morgan fingerprint density at radius 2 is 2.25 bits per heavy atom. The average Bonchev–Trinajstić information content (AvgIpc) is 3.13. The van der Waals surface area contributed by atoms with Crippen LogP contribution in [0.2, 0.25) is 0 Å². The van der Waals surface area contributed by atoms with Gasteiger partial charge in [-0.2, -0.15) is 0 Å². The van der Waals surface area contributed by atoms with Crippen molar-refractivity contribution in [3.8, 4) is 5.75 Å². The zero-order valence-corrected chi connectivity index (χ0v) is 11.2. The molecule has 1 aliphatic carbocycles. The Morgan fingerprint density at radius 1 is 1.40 bits per heavy atom. The zero-order valence-electron chi connectivity index (χ0n) is 11.2. The third kappa shape index (κ3) is 3.26. The van der Waals surface area contributed by atoms with E-state index < -0.39 is 0 Å². The van der Waals surface area contributed by atoms with Crippen molar-refractivity contribution >= 4 is 5.69 Å². The van der Waals surface area contributed by atoms with E-state index in [0.29, 0.717) is 25.8 Å². The minimum absolute atomic E-state index is 0.0520. The van der Waals surface area contributed by atoms with Gasteiger partial charge in [-0.15, -0.1) is 0 Å². The van der Waals surface area contributed by atoms with Crippen LogP contribution in [0.4, 0.5) is 5.69 Å². The van der Waals surface area contributed by atoms with E-state index in [4.69, 9.17) is 9.47 Å². The Balaban J connectivity index is 1.75. The number of nitrogens with zero attached hydrogens (tertiary/aromatic N) is 1. The molecule has 1 unspecified atom stereocenters. The number of non-ortho nitro benzene ring substituents is 1. The van der Waals surface area contributed by atoms with E-state index in [-0.39, 0.29) is 16.7 Å². The summed E-state index contributed by atoms with van der Waals surface area (Å²) < 4.78 is 11.2. The molecule has 2 aliphatic rings. The molecule has 3 rings (SSSR count). The fourth-order valence-electron chi connectivity index (χ4n) is 2.26. The van der Waals surface area contributed by atoms with Gasteiger partial charge in [-0.3, -0.25) is 10.1 Å². The molecule has 1 aromatic carbocycles. The Kier molecular flexibility index (Phi) is 3.84. The first-order chi connectivity index (χ1) is 9.72. The van der Waals surface area contributed by atoms with Crippen LogP contribution in [0.15, 0.2) is 18.2 Å². The molecule has 108 valence electrons. The molecule has 6 nitrogen and oxygen atoms in total. The van der Waals surface area contributed by atoms with Crippen LogP contribution < -0.4 is 10.1 Å². The minimum Gasteiger partial charge on any atom is -0.488 e. The summed E-state index contributed by atoms with van der Waals surface area (Å²) >= 11 is 0. The van der Waals surface area contributed by atoms with Gasteiger partial charge in [0.15, 0.2) is 0 Å². The van der Waals surface area contributed by atoms with Crippen LogP contribution in [0.1, 0.15) is 24.8 Å². The molecule has 2 fully saturated rings. The van der Waals surface area contributed by atoms with Crippen LogP contribution in [0.25, 0.3) is 0 Å². The van der Waals surface area contributed by atoms with Crippen LogP contribution in [-0.4, -0.2) is 30.3 Å². The fraction of sp³-hybridized carbons (Fsp3) is 0.571. The molecule has 1 aliphatic heterocycles. The summed E-state index contributed by atoms with van der Waals surface area (Å²) in [5, 5.41) is 14.3. The first-order valence-electron chi connectivity index (χ1n) is 6.97. The molecule has 0 spiro atoms. The lowest BCUT2D eigenvalue weighted by Gasteiger charge is -2.16. The van der Waals surface area contributed by atoms with Gasteiger partial charge in [-0.25, -0.2) is 0 Å². The number of hydrogen-bond acceptors (Lipinski definition) is 5. The van der Waals surface area contributed by atoms with Gasteiger partial charge in [-0.05, 0) is 18.9 Å². The van der Waals surface area contributed by atoms with Crippen LogP contribution >= 0.6 is 0 Å². The number of rotatable bonds is 6. The van der Waals surface area contributed by atoms with Crippen LogP contribution in [0, 0.1) is 10.1 Å². The van der Waals surface area contributed by atoms with Crippen LogP contribution in [0.5, 0.6) is 5.75 Å². The molecule has 20 heavy (non-hydrogen) atoms. The number of nitro groups is 1. The average molecular weight is 278 g/mol. The zero-order chi connectivity index (χ0) is 13.9. The molecular weight excluding hydrogens is 260 g/mol. The van der Waals surface area contributed by atoms with Crippen molar-refractivity contribution in [3.05, 3.63) is 33.9 Å². The summed E-state index contributed by atoms with van der Waals surface area (Å²) in [5.41, 5.74) is 0.950. The highest BCUT2D eigenvalue weighted by Gasteiger charge is 2.23. The highest BCUT2D eigenvalue weighted by Crippen LogP contribution is 2.28. The Labute approximate surface area is 117 Å². The number of hydrogen-bond donors (Lipinski definition) is 1. The lowest BCUT2D eigenvalue weighted by Crippen LogP contribution is -2.20. The second kappa shape index (κ2) is 5.76. The highest BCUT2D eigenvalue weighted by atomic mass is 16.6. The van der Waals surface area contributed by atoms with Gasteiger partial charge in [0.05, 0.1) is 18.1 Å². The summed E-state index contributed by atoms with van der Waals surface area (Å²) in [4.78, 5) is 10.5. The number of nitrogens with one attached hydrogen (secondary N) is 1. The van der Waals surface area contributed by atoms with Crippen molar-refractivity contribution in [1.82, 2.24) is 5.32 Å². The molecule has 0 amide bonds. The highest BCUT2D eigenvalue weighted by molar-refractivity contribution is 5.44. The van der Waals surface area contributed by atoms with Gasteiger partial charge in [-0.1, -0.05) is 0 Å². The van der Waals surface area contributed by atoms with Gasteiger partial charge >= 0.3 is 0 Å². The quantitative estimate of drug-likeness (QED) is 0.636. The van der Waals surface area contributed by atoms with E-state index in [1.54, 1.807) is 12.1 Å². The molecule has 1 saturated heterocycles. The SMILES string of the molecule is O=[N+]([O-])c1ccc(OC2CCOC2)c(CNC2CC2)c1. The van der Waals surface area contributed by atoms with Gasteiger partial charge in [0.2, 0.25) is 0 Å². The molecule has 1 saturated carbocycles. The van der Waals surface area contributed by atoms with Crippen LogP contribution in [-0.2, 0) is 11.3 Å². The second-order valence-electron chi connectivity index (χ2n) is 5.31. The largest absolute Gasteiger partial charge is 0.488 e. The smallest absolute Gasteiger partial charge is 0.270 e.